The lowest BCUT2D eigenvalue weighted by Crippen LogP contribution is -2.27. The van der Waals surface area contributed by atoms with Crippen LogP contribution in [-0.4, -0.2) is 26.0 Å². The first kappa shape index (κ1) is 14.1. The molecule has 0 aromatic carbocycles. The molecule has 2 aromatic heterocycles. The van der Waals surface area contributed by atoms with Crippen LogP contribution in [0.3, 0.4) is 0 Å². The molecule has 0 saturated heterocycles. The topological polar surface area (TPSA) is 114 Å². The first-order chi connectivity index (χ1) is 9.40. The van der Waals surface area contributed by atoms with Gasteiger partial charge in [0.05, 0.1) is 21.7 Å². The van der Waals surface area contributed by atoms with Crippen molar-refractivity contribution in [1.29, 1.82) is 0 Å². The fourth-order valence-electron chi connectivity index (χ4n) is 1.87. The Bertz CT molecular complexity index is 663. The van der Waals surface area contributed by atoms with Crippen molar-refractivity contribution in [3.63, 3.8) is 0 Å². The van der Waals surface area contributed by atoms with E-state index in [4.69, 9.17) is 0 Å². The van der Waals surface area contributed by atoms with Crippen molar-refractivity contribution < 1.29 is 9.72 Å². The third kappa shape index (κ3) is 2.67. The maximum atomic E-state index is 12.0. The fraction of sp³-hybridized carbons (Fsp3) is 0.364. The van der Waals surface area contributed by atoms with Crippen LogP contribution in [0, 0.1) is 24.0 Å². The summed E-state index contributed by atoms with van der Waals surface area (Å²) in [5, 5.41) is 20.2. The number of nitrogens with zero attached hydrogens (tertiary/aromatic N) is 3. The summed E-state index contributed by atoms with van der Waals surface area (Å²) in [7, 11) is 0. The number of nitro groups is 1. The van der Waals surface area contributed by atoms with Gasteiger partial charge in [-0.3, -0.25) is 20.0 Å². The number of hydrogen-bond donors (Lipinski definition) is 2. The summed E-state index contributed by atoms with van der Waals surface area (Å²) in [6.07, 6.45) is 1.02. The molecule has 20 heavy (non-hydrogen) atoms. The smallest absolute Gasteiger partial charge is 0.319 e. The van der Waals surface area contributed by atoms with Crippen LogP contribution >= 0.6 is 11.3 Å². The number of hydrogen-bond acceptors (Lipinski definition) is 6. The third-order valence-corrected chi connectivity index (χ3v) is 3.98. The number of H-pyrrole nitrogens is 1. The van der Waals surface area contributed by atoms with Crippen LogP contribution < -0.4 is 5.32 Å². The molecule has 0 aliphatic rings. The molecule has 2 aromatic rings. The maximum absolute atomic E-state index is 12.0. The molecule has 2 N–H and O–H groups in total. The number of aromatic amines is 1. The highest BCUT2D eigenvalue weighted by Gasteiger charge is 2.25. The Hall–Kier alpha value is -2.29. The second kappa shape index (κ2) is 5.37. The Morgan fingerprint density at radius 2 is 2.25 bits per heavy atom. The lowest BCUT2D eigenvalue weighted by Gasteiger charge is -2.11. The van der Waals surface area contributed by atoms with Gasteiger partial charge in [-0.2, -0.15) is 5.10 Å². The van der Waals surface area contributed by atoms with Crippen molar-refractivity contribution in [1.82, 2.24) is 20.5 Å². The molecule has 9 heteroatoms. The number of nitrogens with one attached hydrogen (secondary N) is 2. The van der Waals surface area contributed by atoms with E-state index in [1.807, 2.05) is 13.8 Å². The van der Waals surface area contributed by atoms with Crippen molar-refractivity contribution in [3.8, 4) is 0 Å². The van der Waals surface area contributed by atoms with Gasteiger partial charge in [-0.05, 0) is 20.8 Å². The van der Waals surface area contributed by atoms with E-state index in [0.29, 0.717) is 0 Å². The number of aromatic nitrogens is 3. The zero-order chi connectivity index (χ0) is 14.9. The predicted molar refractivity (Wildman–Crippen MR) is 72.7 cm³/mol. The maximum Gasteiger partial charge on any atom is 0.319 e. The summed E-state index contributed by atoms with van der Waals surface area (Å²) >= 11 is 1.49. The lowest BCUT2D eigenvalue weighted by molar-refractivity contribution is -0.385. The highest BCUT2D eigenvalue weighted by atomic mass is 32.1. The Morgan fingerprint density at radius 3 is 2.80 bits per heavy atom. The Kier molecular flexibility index (Phi) is 3.79. The van der Waals surface area contributed by atoms with Gasteiger partial charge >= 0.3 is 5.69 Å². The van der Waals surface area contributed by atoms with Gasteiger partial charge in [-0.1, -0.05) is 0 Å². The Balaban J connectivity index is 2.17. The van der Waals surface area contributed by atoms with Crippen LogP contribution in [0.4, 0.5) is 5.69 Å². The minimum Gasteiger partial charge on any atom is -0.343 e. The molecule has 2 rings (SSSR count). The standard InChI is InChI=1S/C11H13N5O3S/c1-5-10(20-7(3)13-5)6(2)14-11(17)9-8(16(18)19)4-12-15-9/h4,6H,1-3H3,(H,12,15)(H,14,17)/t6-/m1/s1. The quantitative estimate of drug-likeness (QED) is 0.660. The molecule has 2 heterocycles. The molecule has 0 unspecified atom stereocenters. The molecule has 8 nitrogen and oxygen atoms in total. The third-order valence-electron chi connectivity index (χ3n) is 2.72. The fourth-order valence-corrected chi connectivity index (χ4v) is 2.80. The average molecular weight is 295 g/mol. The first-order valence-corrected chi connectivity index (χ1v) is 6.64. The predicted octanol–water partition coefficient (Wildman–Crippen LogP) is 1.88. The molecule has 1 amide bonds. The van der Waals surface area contributed by atoms with Gasteiger partial charge in [0.15, 0.2) is 0 Å². The minimum atomic E-state index is -0.648. The van der Waals surface area contributed by atoms with Crippen LogP contribution in [0.2, 0.25) is 0 Å². The van der Waals surface area contributed by atoms with Gasteiger partial charge in [-0.25, -0.2) is 4.98 Å². The van der Waals surface area contributed by atoms with Gasteiger partial charge in [0, 0.05) is 4.88 Å². The molecular formula is C11H13N5O3S. The first-order valence-electron chi connectivity index (χ1n) is 5.82. The number of thiazole rings is 1. The average Bonchev–Trinajstić information content (AvgIpc) is 2.95. The minimum absolute atomic E-state index is 0.152. The molecule has 0 spiro atoms. The van der Waals surface area contributed by atoms with E-state index < -0.39 is 10.8 Å². The summed E-state index contributed by atoms with van der Waals surface area (Å²) in [6, 6.07) is -0.281. The van der Waals surface area contributed by atoms with Gasteiger partial charge in [-0.15, -0.1) is 11.3 Å². The molecule has 0 aliphatic heterocycles. The zero-order valence-electron chi connectivity index (χ0n) is 11.1. The van der Waals surface area contributed by atoms with E-state index in [0.717, 1.165) is 21.8 Å². The molecule has 0 radical (unpaired) electrons. The monoisotopic (exact) mass is 295 g/mol. The summed E-state index contributed by atoms with van der Waals surface area (Å²) in [5.74, 6) is -0.563. The summed E-state index contributed by atoms with van der Waals surface area (Å²) in [4.78, 5) is 27.4. The highest BCUT2D eigenvalue weighted by Crippen LogP contribution is 2.25. The van der Waals surface area contributed by atoms with Crippen LogP contribution in [0.5, 0.6) is 0 Å². The van der Waals surface area contributed by atoms with Crippen LogP contribution in [0.1, 0.15) is 39.0 Å². The van der Waals surface area contributed by atoms with E-state index in [9.17, 15) is 14.9 Å². The summed E-state index contributed by atoms with van der Waals surface area (Å²) < 4.78 is 0. The SMILES string of the molecule is Cc1nc(C)c([C@@H](C)NC(=O)c2[nH]ncc2[N+](=O)[O-])s1. The number of amides is 1. The second-order valence-corrected chi connectivity index (χ2v) is 5.50. The lowest BCUT2D eigenvalue weighted by atomic mass is 10.2. The van der Waals surface area contributed by atoms with Crippen molar-refractivity contribution >= 4 is 22.9 Å². The van der Waals surface area contributed by atoms with E-state index in [-0.39, 0.29) is 17.4 Å². The molecule has 106 valence electrons. The van der Waals surface area contributed by atoms with Gasteiger partial charge in [0.2, 0.25) is 5.69 Å². The number of carbonyl (C=O) groups excluding carboxylic acids is 1. The summed E-state index contributed by atoms with van der Waals surface area (Å²) in [5.41, 5.74) is 0.354. The van der Waals surface area contributed by atoms with Crippen molar-refractivity contribution in [2.75, 3.05) is 0 Å². The summed E-state index contributed by atoms with van der Waals surface area (Å²) in [6.45, 7) is 5.55. The molecule has 0 fully saturated rings. The molecule has 0 bridgehead atoms. The van der Waals surface area contributed by atoms with Crippen LogP contribution in [0.25, 0.3) is 0 Å². The van der Waals surface area contributed by atoms with Crippen molar-refractivity contribution in [2.45, 2.75) is 26.8 Å². The van der Waals surface area contributed by atoms with Crippen LogP contribution in [0.15, 0.2) is 6.20 Å². The van der Waals surface area contributed by atoms with E-state index >= 15 is 0 Å². The van der Waals surface area contributed by atoms with Crippen LogP contribution in [-0.2, 0) is 0 Å². The number of carbonyl (C=O) groups is 1. The number of aryl methyl sites for hydroxylation is 2. The van der Waals surface area contributed by atoms with Crippen molar-refractivity contribution in [2.24, 2.45) is 0 Å². The van der Waals surface area contributed by atoms with Crippen molar-refractivity contribution in [3.05, 3.63) is 37.6 Å². The molecule has 0 aliphatic carbocycles. The van der Waals surface area contributed by atoms with Gasteiger partial charge in [0.1, 0.15) is 6.20 Å². The van der Waals surface area contributed by atoms with E-state index in [1.54, 1.807) is 6.92 Å². The second-order valence-electron chi connectivity index (χ2n) is 4.27. The van der Waals surface area contributed by atoms with E-state index in [1.165, 1.54) is 11.3 Å². The van der Waals surface area contributed by atoms with E-state index in [2.05, 4.69) is 20.5 Å². The molecule has 0 saturated carbocycles. The molecule has 1 atom stereocenters. The van der Waals surface area contributed by atoms with Gasteiger partial charge < -0.3 is 5.32 Å². The highest BCUT2D eigenvalue weighted by molar-refractivity contribution is 7.11. The zero-order valence-corrected chi connectivity index (χ0v) is 11.9. The molecular weight excluding hydrogens is 282 g/mol. The Morgan fingerprint density at radius 1 is 1.55 bits per heavy atom. The largest absolute Gasteiger partial charge is 0.343 e. The van der Waals surface area contributed by atoms with Gasteiger partial charge in [0.25, 0.3) is 5.91 Å². The normalized spacial score (nSPS) is 12.2. The number of rotatable bonds is 4. The Labute approximate surface area is 118 Å².